The Bertz CT molecular complexity index is 264. The molecule has 4 heteroatoms. The standard InChI is InChI=1S/C7H9FINO/c1-7(2,3)4-5(8)10-6(9)11-4/h1-3H3. The van der Waals surface area contributed by atoms with Crippen LogP contribution < -0.4 is 0 Å². The molecule has 0 bridgehead atoms. The molecule has 0 unspecified atom stereocenters. The second-order valence-electron chi connectivity index (χ2n) is 3.34. The van der Waals surface area contributed by atoms with Gasteiger partial charge in [-0.1, -0.05) is 20.8 Å². The number of oxazole rings is 1. The number of halogens is 2. The Morgan fingerprint density at radius 3 is 2.18 bits per heavy atom. The zero-order valence-electron chi connectivity index (χ0n) is 6.61. The number of rotatable bonds is 0. The van der Waals surface area contributed by atoms with E-state index in [0.29, 0.717) is 9.66 Å². The van der Waals surface area contributed by atoms with Gasteiger partial charge < -0.3 is 4.42 Å². The molecule has 0 aliphatic rings. The van der Waals surface area contributed by atoms with E-state index in [4.69, 9.17) is 4.42 Å². The highest BCUT2D eigenvalue weighted by atomic mass is 127. The van der Waals surface area contributed by atoms with E-state index in [9.17, 15) is 4.39 Å². The van der Waals surface area contributed by atoms with E-state index in [1.54, 1.807) is 0 Å². The normalized spacial score (nSPS) is 12.1. The van der Waals surface area contributed by atoms with Gasteiger partial charge in [0.2, 0.25) is 0 Å². The molecule has 62 valence electrons. The molecule has 0 aliphatic carbocycles. The van der Waals surface area contributed by atoms with Gasteiger partial charge in [-0.2, -0.15) is 9.37 Å². The summed E-state index contributed by atoms with van der Waals surface area (Å²) in [6.45, 7) is 5.64. The van der Waals surface area contributed by atoms with Crippen LogP contribution in [-0.4, -0.2) is 4.98 Å². The lowest BCUT2D eigenvalue weighted by molar-refractivity contribution is 0.371. The highest BCUT2D eigenvalue weighted by Gasteiger charge is 2.24. The molecule has 0 atom stereocenters. The predicted octanol–water partition coefficient (Wildman–Crippen LogP) is 2.72. The van der Waals surface area contributed by atoms with Crippen LogP contribution in [0.2, 0.25) is 0 Å². The molecule has 0 saturated carbocycles. The van der Waals surface area contributed by atoms with Crippen LogP contribution in [0.4, 0.5) is 4.39 Å². The molecule has 2 nitrogen and oxygen atoms in total. The molecule has 0 aliphatic heterocycles. The summed E-state index contributed by atoms with van der Waals surface area (Å²) in [4.78, 5) is 3.53. The van der Waals surface area contributed by atoms with Crippen LogP contribution in [0.1, 0.15) is 26.5 Å². The fourth-order valence-electron chi connectivity index (χ4n) is 0.740. The zero-order valence-corrected chi connectivity index (χ0v) is 8.77. The average molecular weight is 269 g/mol. The minimum atomic E-state index is -0.498. The van der Waals surface area contributed by atoms with Gasteiger partial charge in [0.15, 0.2) is 5.76 Å². The predicted molar refractivity (Wildman–Crippen MR) is 47.9 cm³/mol. The maximum absolute atomic E-state index is 12.9. The molecule has 0 spiro atoms. The molecule has 0 radical (unpaired) electrons. The Labute approximate surface area is 78.3 Å². The first-order valence-corrected chi connectivity index (χ1v) is 4.31. The molecule has 1 aromatic heterocycles. The van der Waals surface area contributed by atoms with Crippen molar-refractivity contribution >= 4 is 22.6 Å². The van der Waals surface area contributed by atoms with Gasteiger partial charge >= 0.3 is 0 Å². The molecule has 1 rings (SSSR count). The third-order valence-electron chi connectivity index (χ3n) is 1.24. The molecule has 0 saturated heterocycles. The van der Waals surface area contributed by atoms with Crippen molar-refractivity contribution in [3.8, 4) is 0 Å². The Balaban J connectivity index is 3.13. The minimum Gasteiger partial charge on any atom is -0.433 e. The summed E-state index contributed by atoms with van der Waals surface area (Å²) in [5.74, 6) is -0.177. The summed E-state index contributed by atoms with van der Waals surface area (Å²) in [5, 5.41) is 0. The van der Waals surface area contributed by atoms with Crippen LogP contribution in [0.15, 0.2) is 4.42 Å². The third-order valence-corrected chi connectivity index (χ3v) is 1.70. The monoisotopic (exact) mass is 269 g/mol. The van der Waals surface area contributed by atoms with Gasteiger partial charge in [-0.25, -0.2) is 0 Å². The Morgan fingerprint density at radius 2 is 2.00 bits per heavy atom. The highest BCUT2D eigenvalue weighted by molar-refractivity contribution is 14.1. The summed E-state index contributed by atoms with van der Waals surface area (Å²) in [6.07, 6.45) is 0. The lowest BCUT2D eigenvalue weighted by atomic mass is 9.94. The van der Waals surface area contributed by atoms with E-state index in [-0.39, 0.29) is 5.41 Å². The maximum Gasteiger partial charge on any atom is 0.260 e. The SMILES string of the molecule is CC(C)(C)c1oc(I)nc1F. The third kappa shape index (κ3) is 1.91. The number of aromatic nitrogens is 1. The summed E-state index contributed by atoms with van der Waals surface area (Å²) in [5.41, 5.74) is -0.305. The summed E-state index contributed by atoms with van der Waals surface area (Å²) >= 11 is 1.85. The largest absolute Gasteiger partial charge is 0.433 e. The maximum atomic E-state index is 12.9. The van der Waals surface area contributed by atoms with E-state index in [1.807, 2.05) is 43.4 Å². The van der Waals surface area contributed by atoms with E-state index >= 15 is 0 Å². The van der Waals surface area contributed by atoms with E-state index in [2.05, 4.69) is 4.98 Å². The molecule has 1 aromatic rings. The van der Waals surface area contributed by atoms with Crippen molar-refractivity contribution in [1.29, 1.82) is 0 Å². The zero-order chi connectivity index (χ0) is 8.65. The quantitative estimate of drug-likeness (QED) is 0.677. The Morgan fingerprint density at radius 1 is 1.45 bits per heavy atom. The Kier molecular flexibility index (Phi) is 2.22. The first kappa shape index (κ1) is 8.96. The van der Waals surface area contributed by atoms with Crippen LogP contribution in [0.3, 0.4) is 0 Å². The van der Waals surface area contributed by atoms with E-state index in [0.717, 1.165) is 0 Å². The molecular weight excluding hydrogens is 260 g/mol. The van der Waals surface area contributed by atoms with Crippen LogP contribution in [-0.2, 0) is 5.41 Å². The van der Waals surface area contributed by atoms with Crippen molar-refractivity contribution in [1.82, 2.24) is 4.98 Å². The fraction of sp³-hybridized carbons (Fsp3) is 0.571. The molecule has 1 heterocycles. The van der Waals surface area contributed by atoms with E-state index in [1.165, 1.54) is 0 Å². The van der Waals surface area contributed by atoms with Crippen molar-refractivity contribution in [2.75, 3.05) is 0 Å². The summed E-state index contributed by atoms with van der Waals surface area (Å²) in [6, 6.07) is 0. The minimum absolute atomic E-state index is 0.305. The first-order valence-electron chi connectivity index (χ1n) is 3.23. The topological polar surface area (TPSA) is 26.0 Å². The van der Waals surface area contributed by atoms with Crippen molar-refractivity contribution in [3.63, 3.8) is 0 Å². The first-order chi connectivity index (χ1) is 4.91. The number of nitrogens with zero attached hydrogens (tertiary/aromatic N) is 1. The lowest BCUT2D eigenvalue weighted by Gasteiger charge is -2.12. The molecular formula is C7H9FINO. The van der Waals surface area contributed by atoms with Crippen LogP contribution in [0, 0.1) is 9.85 Å². The molecule has 11 heavy (non-hydrogen) atoms. The summed E-state index contributed by atoms with van der Waals surface area (Å²) < 4.78 is 18.3. The molecule has 0 aromatic carbocycles. The Hall–Kier alpha value is -0.130. The molecule has 0 fully saturated rings. The van der Waals surface area contributed by atoms with Crippen molar-refractivity contribution in [2.45, 2.75) is 26.2 Å². The summed E-state index contributed by atoms with van der Waals surface area (Å²) in [7, 11) is 0. The molecule has 0 amide bonds. The highest BCUT2D eigenvalue weighted by Crippen LogP contribution is 2.25. The van der Waals surface area contributed by atoms with Gasteiger partial charge in [0.05, 0.1) is 0 Å². The van der Waals surface area contributed by atoms with E-state index < -0.39 is 5.95 Å². The molecule has 0 N–H and O–H groups in total. The van der Waals surface area contributed by atoms with Crippen molar-refractivity contribution in [3.05, 3.63) is 15.6 Å². The van der Waals surface area contributed by atoms with Gasteiger partial charge in [-0.05, 0) is 0 Å². The average Bonchev–Trinajstić information content (AvgIpc) is 2.08. The van der Waals surface area contributed by atoms with Gasteiger partial charge in [0, 0.05) is 28.0 Å². The van der Waals surface area contributed by atoms with Crippen LogP contribution >= 0.6 is 22.6 Å². The second-order valence-corrected chi connectivity index (χ2v) is 4.26. The van der Waals surface area contributed by atoms with Crippen LogP contribution in [0.5, 0.6) is 0 Å². The van der Waals surface area contributed by atoms with Gasteiger partial charge in [-0.15, -0.1) is 0 Å². The van der Waals surface area contributed by atoms with Crippen molar-refractivity contribution in [2.24, 2.45) is 0 Å². The fourth-order valence-corrected chi connectivity index (χ4v) is 1.17. The lowest BCUT2D eigenvalue weighted by Crippen LogP contribution is -2.11. The smallest absolute Gasteiger partial charge is 0.260 e. The van der Waals surface area contributed by atoms with Crippen LogP contribution in [0.25, 0.3) is 0 Å². The van der Waals surface area contributed by atoms with Gasteiger partial charge in [-0.3, -0.25) is 0 Å². The number of hydrogen-bond donors (Lipinski definition) is 0. The van der Waals surface area contributed by atoms with Gasteiger partial charge in [0.25, 0.3) is 9.85 Å². The van der Waals surface area contributed by atoms with Gasteiger partial charge in [0.1, 0.15) is 0 Å². The number of hydrogen-bond acceptors (Lipinski definition) is 2. The van der Waals surface area contributed by atoms with Crippen molar-refractivity contribution < 1.29 is 8.81 Å². The second kappa shape index (κ2) is 2.73.